The molecule has 0 unspecified atom stereocenters. The molecule has 0 aliphatic carbocycles. The molecule has 0 amide bonds. The Morgan fingerprint density at radius 2 is 1.88 bits per heavy atom. The summed E-state index contributed by atoms with van der Waals surface area (Å²) >= 11 is 5.96. The van der Waals surface area contributed by atoms with E-state index in [9.17, 15) is 10.1 Å². The number of nitro benzene ring substituents is 1. The third-order valence-corrected chi connectivity index (χ3v) is 3.64. The highest BCUT2D eigenvalue weighted by atomic mass is 127. The van der Waals surface area contributed by atoms with Crippen molar-refractivity contribution in [3.8, 4) is 0 Å². The van der Waals surface area contributed by atoms with Crippen molar-refractivity contribution in [1.29, 1.82) is 0 Å². The molecule has 8 heteroatoms. The molecular formula is C17H20ClIN4O2. The first-order chi connectivity index (χ1) is 11.6. The van der Waals surface area contributed by atoms with Crippen molar-refractivity contribution in [2.45, 2.75) is 13.0 Å². The van der Waals surface area contributed by atoms with Crippen LogP contribution in [0.1, 0.15) is 11.1 Å². The molecule has 2 aromatic rings. The molecule has 2 rings (SSSR count). The Kier molecular flexibility index (Phi) is 9.22. The minimum Gasteiger partial charge on any atom is -0.356 e. The summed E-state index contributed by atoms with van der Waals surface area (Å²) in [6.07, 6.45) is 0.818. The quantitative estimate of drug-likeness (QED) is 0.220. The summed E-state index contributed by atoms with van der Waals surface area (Å²) in [5.74, 6) is 0.642. The molecule has 0 spiro atoms. The maximum absolute atomic E-state index is 10.8. The van der Waals surface area contributed by atoms with Crippen molar-refractivity contribution < 1.29 is 4.92 Å². The number of non-ortho nitro benzene ring substituents is 1. The topological polar surface area (TPSA) is 79.6 Å². The Morgan fingerprint density at radius 1 is 1.16 bits per heavy atom. The molecular weight excluding hydrogens is 455 g/mol. The number of hydrogen-bond donors (Lipinski definition) is 2. The Morgan fingerprint density at radius 3 is 2.56 bits per heavy atom. The van der Waals surface area contributed by atoms with Crippen LogP contribution in [0.3, 0.4) is 0 Å². The van der Waals surface area contributed by atoms with Crippen LogP contribution in [0.5, 0.6) is 0 Å². The van der Waals surface area contributed by atoms with E-state index in [4.69, 9.17) is 11.6 Å². The lowest BCUT2D eigenvalue weighted by molar-refractivity contribution is -0.384. The summed E-state index contributed by atoms with van der Waals surface area (Å²) in [5, 5.41) is 17.9. The van der Waals surface area contributed by atoms with Gasteiger partial charge in [0.25, 0.3) is 5.69 Å². The summed E-state index contributed by atoms with van der Waals surface area (Å²) in [4.78, 5) is 14.5. The van der Waals surface area contributed by atoms with E-state index in [1.165, 1.54) is 6.07 Å². The Hall–Kier alpha value is -1.87. The molecule has 0 saturated carbocycles. The molecule has 0 atom stereocenters. The lowest BCUT2D eigenvalue weighted by Crippen LogP contribution is -2.37. The van der Waals surface area contributed by atoms with Crippen LogP contribution in [-0.2, 0) is 13.0 Å². The molecule has 0 saturated heterocycles. The molecule has 0 aromatic heterocycles. The van der Waals surface area contributed by atoms with Gasteiger partial charge in [0, 0.05) is 37.3 Å². The van der Waals surface area contributed by atoms with Crippen LogP contribution < -0.4 is 10.6 Å². The van der Waals surface area contributed by atoms with E-state index in [0.29, 0.717) is 19.0 Å². The zero-order chi connectivity index (χ0) is 17.4. The lowest BCUT2D eigenvalue weighted by Gasteiger charge is -2.12. The van der Waals surface area contributed by atoms with E-state index in [2.05, 4.69) is 15.6 Å². The van der Waals surface area contributed by atoms with Gasteiger partial charge >= 0.3 is 0 Å². The molecule has 2 aromatic carbocycles. The minimum atomic E-state index is -0.401. The smallest absolute Gasteiger partial charge is 0.269 e. The maximum atomic E-state index is 10.8. The second-order valence-corrected chi connectivity index (χ2v) is 5.60. The first-order valence-corrected chi connectivity index (χ1v) is 7.88. The first-order valence-electron chi connectivity index (χ1n) is 7.51. The SMILES string of the molecule is CN=C(NCCc1cccc(Cl)c1)NCc1cccc([N+](=O)[O-])c1.I. The third kappa shape index (κ3) is 7.27. The van der Waals surface area contributed by atoms with Crippen molar-refractivity contribution in [1.82, 2.24) is 10.6 Å². The molecule has 0 aliphatic heterocycles. The number of hydrogen-bond acceptors (Lipinski definition) is 3. The van der Waals surface area contributed by atoms with E-state index in [1.807, 2.05) is 30.3 Å². The zero-order valence-electron chi connectivity index (χ0n) is 13.7. The molecule has 2 N–H and O–H groups in total. The van der Waals surface area contributed by atoms with Gasteiger partial charge in [-0.2, -0.15) is 0 Å². The molecule has 25 heavy (non-hydrogen) atoms. The summed E-state index contributed by atoms with van der Waals surface area (Å²) in [6, 6.07) is 14.2. The number of aliphatic imine (C=N–C) groups is 1. The standard InChI is InChI=1S/C17H19ClN4O2.HI/c1-19-17(20-9-8-13-4-2-6-15(18)10-13)21-12-14-5-3-7-16(11-14)22(23)24;/h2-7,10-11H,8-9,12H2,1H3,(H2,19,20,21);1H. The third-order valence-electron chi connectivity index (χ3n) is 3.40. The van der Waals surface area contributed by atoms with E-state index in [1.54, 1.807) is 19.2 Å². The van der Waals surface area contributed by atoms with Gasteiger partial charge in [-0.25, -0.2) is 0 Å². The highest BCUT2D eigenvalue weighted by Crippen LogP contribution is 2.13. The van der Waals surface area contributed by atoms with Crippen molar-refractivity contribution in [3.63, 3.8) is 0 Å². The van der Waals surface area contributed by atoms with Crippen LogP contribution in [0.15, 0.2) is 53.5 Å². The number of halogens is 2. The summed E-state index contributed by atoms with van der Waals surface area (Å²) in [6.45, 7) is 1.16. The number of rotatable bonds is 6. The lowest BCUT2D eigenvalue weighted by atomic mass is 10.1. The van der Waals surface area contributed by atoms with Gasteiger partial charge < -0.3 is 10.6 Å². The van der Waals surface area contributed by atoms with Gasteiger partial charge in [-0.1, -0.05) is 35.9 Å². The van der Waals surface area contributed by atoms with Crippen molar-refractivity contribution >= 4 is 47.2 Å². The van der Waals surface area contributed by atoms with E-state index in [-0.39, 0.29) is 29.7 Å². The van der Waals surface area contributed by atoms with E-state index < -0.39 is 4.92 Å². The highest BCUT2D eigenvalue weighted by Gasteiger charge is 2.06. The van der Waals surface area contributed by atoms with Gasteiger partial charge in [0.05, 0.1) is 4.92 Å². The van der Waals surface area contributed by atoms with Crippen LogP contribution >= 0.6 is 35.6 Å². The van der Waals surface area contributed by atoms with Crippen LogP contribution in [0, 0.1) is 10.1 Å². The number of guanidine groups is 1. The first kappa shape index (κ1) is 21.2. The molecule has 0 radical (unpaired) electrons. The van der Waals surface area contributed by atoms with Gasteiger partial charge in [-0.15, -0.1) is 24.0 Å². The highest BCUT2D eigenvalue weighted by molar-refractivity contribution is 14.0. The second-order valence-electron chi connectivity index (χ2n) is 5.16. The monoisotopic (exact) mass is 474 g/mol. The fourth-order valence-corrected chi connectivity index (χ4v) is 2.42. The van der Waals surface area contributed by atoms with Crippen LogP contribution in [0.25, 0.3) is 0 Å². The summed E-state index contributed by atoms with van der Waals surface area (Å²) in [7, 11) is 1.68. The normalized spacial score (nSPS) is 10.7. The molecule has 0 fully saturated rings. The van der Waals surface area contributed by atoms with Gasteiger partial charge in [0.2, 0.25) is 0 Å². The van der Waals surface area contributed by atoms with Gasteiger partial charge in [-0.05, 0) is 29.7 Å². The summed E-state index contributed by atoms with van der Waals surface area (Å²) in [5.41, 5.74) is 2.05. The number of nitro groups is 1. The maximum Gasteiger partial charge on any atom is 0.269 e. The molecule has 6 nitrogen and oxygen atoms in total. The predicted octanol–water partition coefficient (Wildman–Crippen LogP) is 3.77. The van der Waals surface area contributed by atoms with Gasteiger partial charge in [0.1, 0.15) is 0 Å². The number of nitrogens with one attached hydrogen (secondary N) is 2. The predicted molar refractivity (Wildman–Crippen MR) is 112 cm³/mol. The van der Waals surface area contributed by atoms with Crippen molar-refractivity contribution in [2.75, 3.05) is 13.6 Å². The van der Waals surface area contributed by atoms with Crippen molar-refractivity contribution in [2.24, 2.45) is 4.99 Å². The fourth-order valence-electron chi connectivity index (χ4n) is 2.20. The fraction of sp³-hybridized carbons (Fsp3) is 0.235. The minimum absolute atomic E-state index is 0. The van der Waals surface area contributed by atoms with Crippen molar-refractivity contribution in [3.05, 3.63) is 74.8 Å². The van der Waals surface area contributed by atoms with Crippen LogP contribution in [-0.4, -0.2) is 24.5 Å². The average Bonchev–Trinajstić information content (AvgIpc) is 2.58. The molecule has 0 bridgehead atoms. The van der Waals surface area contributed by atoms with Gasteiger partial charge in [-0.3, -0.25) is 15.1 Å². The second kappa shape index (κ2) is 10.9. The molecule has 0 aliphatic rings. The number of nitrogens with zero attached hydrogens (tertiary/aromatic N) is 2. The Bertz CT molecular complexity index is 740. The summed E-state index contributed by atoms with van der Waals surface area (Å²) < 4.78 is 0. The molecule has 0 heterocycles. The zero-order valence-corrected chi connectivity index (χ0v) is 16.8. The van der Waals surface area contributed by atoms with E-state index in [0.717, 1.165) is 22.6 Å². The largest absolute Gasteiger partial charge is 0.356 e. The van der Waals surface area contributed by atoms with E-state index >= 15 is 0 Å². The Labute approximate surface area is 168 Å². The number of benzene rings is 2. The van der Waals surface area contributed by atoms with Crippen LogP contribution in [0.2, 0.25) is 5.02 Å². The Balaban J connectivity index is 0.00000312. The molecule has 134 valence electrons. The van der Waals surface area contributed by atoms with Gasteiger partial charge in [0.15, 0.2) is 5.96 Å². The average molecular weight is 475 g/mol. The van der Waals surface area contributed by atoms with Crippen LogP contribution in [0.4, 0.5) is 5.69 Å².